The van der Waals surface area contributed by atoms with Crippen LogP contribution in [0.15, 0.2) is 42.5 Å². The Morgan fingerprint density at radius 3 is 2.85 bits per heavy atom. The highest BCUT2D eigenvalue weighted by atomic mass is 19.1. The summed E-state index contributed by atoms with van der Waals surface area (Å²) in [5.41, 5.74) is 1.52. The molecule has 1 aliphatic heterocycles. The highest BCUT2D eigenvalue weighted by molar-refractivity contribution is 6.03. The molecule has 1 aliphatic rings. The van der Waals surface area contributed by atoms with Gasteiger partial charge in [-0.05, 0) is 48.9 Å². The summed E-state index contributed by atoms with van der Waals surface area (Å²) in [7, 11) is 1.38. The van der Waals surface area contributed by atoms with Crippen LogP contribution in [0.25, 0.3) is 6.08 Å². The van der Waals surface area contributed by atoms with Crippen molar-refractivity contribution >= 4 is 29.3 Å². The molecule has 2 N–H and O–H groups in total. The van der Waals surface area contributed by atoms with Crippen LogP contribution in [-0.2, 0) is 9.59 Å². The van der Waals surface area contributed by atoms with E-state index in [0.29, 0.717) is 22.7 Å². The molecule has 0 radical (unpaired) electrons. The topological polar surface area (TPSA) is 76.7 Å². The summed E-state index contributed by atoms with van der Waals surface area (Å²) in [5, 5.41) is 5.39. The van der Waals surface area contributed by atoms with Gasteiger partial charge >= 0.3 is 0 Å². The second-order valence-corrected chi connectivity index (χ2v) is 5.68. The zero-order valence-corrected chi connectivity index (χ0v) is 14.2. The fourth-order valence-electron chi connectivity index (χ4n) is 2.43. The summed E-state index contributed by atoms with van der Waals surface area (Å²) in [6.07, 6.45) is 2.22. The lowest BCUT2D eigenvalue weighted by Gasteiger charge is -2.23. The van der Waals surface area contributed by atoms with Gasteiger partial charge in [-0.1, -0.05) is 6.07 Å². The molecule has 26 heavy (non-hydrogen) atoms. The Labute approximate surface area is 149 Å². The van der Waals surface area contributed by atoms with Crippen LogP contribution in [0.5, 0.6) is 11.5 Å². The van der Waals surface area contributed by atoms with E-state index in [1.54, 1.807) is 31.2 Å². The van der Waals surface area contributed by atoms with Crippen molar-refractivity contribution in [2.45, 2.75) is 13.0 Å². The van der Waals surface area contributed by atoms with Crippen LogP contribution in [0, 0.1) is 5.82 Å². The largest absolute Gasteiger partial charge is 0.494 e. The summed E-state index contributed by atoms with van der Waals surface area (Å²) in [4.78, 5) is 23.7. The van der Waals surface area contributed by atoms with Gasteiger partial charge in [-0.2, -0.15) is 0 Å². The molecule has 1 unspecified atom stereocenters. The number of fused-ring (bicyclic) bond motifs is 1. The smallest absolute Gasteiger partial charge is 0.265 e. The van der Waals surface area contributed by atoms with Gasteiger partial charge in [0.25, 0.3) is 5.91 Å². The molecule has 3 rings (SSSR count). The monoisotopic (exact) mass is 356 g/mol. The maximum Gasteiger partial charge on any atom is 0.265 e. The summed E-state index contributed by atoms with van der Waals surface area (Å²) in [6, 6.07) is 9.34. The predicted octanol–water partition coefficient (Wildman–Crippen LogP) is 3.21. The van der Waals surface area contributed by atoms with Gasteiger partial charge in [0.15, 0.2) is 17.7 Å². The van der Waals surface area contributed by atoms with E-state index in [1.807, 2.05) is 0 Å². The fraction of sp³-hybridized carbons (Fsp3) is 0.158. The quantitative estimate of drug-likeness (QED) is 0.825. The third-order valence-electron chi connectivity index (χ3n) is 3.78. The van der Waals surface area contributed by atoms with Crippen LogP contribution in [0.4, 0.5) is 15.8 Å². The molecule has 0 aromatic heterocycles. The Morgan fingerprint density at radius 2 is 2.12 bits per heavy atom. The van der Waals surface area contributed by atoms with Gasteiger partial charge in [-0.25, -0.2) is 4.39 Å². The molecule has 0 aliphatic carbocycles. The van der Waals surface area contributed by atoms with Crippen molar-refractivity contribution in [2.75, 3.05) is 17.7 Å². The van der Waals surface area contributed by atoms with Crippen molar-refractivity contribution < 1.29 is 23.5 Å². The van der Waals surface area contributed by atoms with Crippen LogP contribution in [0.1, 0.15) is 12.5 Å². The minimum atomic E-state index is -0.559. The van der Waals surface area contributed by atoms with Gasteiger partial charge in [-0.3, -0.25) is 9.59 Å². The second-order valence-electron chi connectivity index (χ2n) is 5.68. The minimum absolute atomic E-state index is 0.138. The van der Waals surface area contributed by atoms with E-state index in [0.717, 1.165) is 0 Å². The number of carbonyl (C=O) groups excluding carboxylic acids is 2. The first-order valence-corrected chi connectivity index (χ1v) is 7.90. The Hall–Kier alpha value is -3.35. The lowest BCUT2D eigenvalue weighted by molar-refractivity contribution is -0.122. The number of hydrogen-bond donors (Lipinski definition) is 2. The van der Waals surface area contributed by atoms with Crippen LogP contribution < -0.4 is 20.1 Å². The van der Waals surface area contributed by atoms with Crippen molar-refractivity contribution in [2.24, 2.45) is 0 Å². The van der Waals surface area contributed by atoms with E-state index in [1.165, 1.54) is 31.4 Å². The molecule has 2 amide bonds. The molecule has 0 bridgehead atoms. The number of carbonyl (C=O) groups is 2. The zero-order chi connectivity index (χ0) is 18.7. The standard InChI is InChI=1S/C19H17FN2O4/c1-11-19(24)22-15-10-13(5-7-17(15)26-11)21-18(23)8-4-12-3-6-16(25-2)14(20)9-12/h3-11H,1-2H3,(H,21,23)(H,22,24). The predicted molar refractivity (Wildman–Crippen MR) is 95.8 cm³/mol. The summed E-state index contributed by atoms with van der Waals surface area (Å²) in [5.74, 6) is -0.465. The van der Waals surface area contributed by atoms with Crippen molar-refractivity contribution in [3.05, 3.63) is 53.9 Å². The number of hydrogen-bond acceptors (Lipinski definition) is 4. The number of nitrogens with one attached hydrogen (secondary N) is 2. The van der Waals surface area contributed by atoms with Crippen LogP contribution in [-0.4, -0.2) is 25.0 Å². The number of ether oxygens (including phenoxy) is 2. The normalized spacial score (nSPS) is 15.8. The average Bonchev–Trinajstić information content (AvgIpc) is 2.61. The highest BCUT2D eigenvalue weighted by Gasteiger charge is 2.23. The Bertz CT molecular complexity index is 895. The lowest BCUT2D eigenvalue weighted by atomic mass is 10.2. The van der Waals surface area contributed by atoms with E-state index in [9.17, 15) is 14.0 Å². The number of halogens is 1. The zero-order valence-electron chi connectivity index (χ0n) is 14.2. The van der Waals surface area contributed by atoms with E-state index in [4.69, 9.17) is 9.47 Å². The maximum atomic E-state index is 13.6. The third-order valence-corrected chi connectivity index (χ3v) is 3.78. The molecule has 0 fully saturated rings. The summed E-state index contributed by atoms with van der Waals surface area (Å²) >= 11 is 0. The maximum absolute atomic E-state index is 13.6. The highest BCUT2D eigenvalue weighted by Crippen LogP contribution is 2.32. The number of anilines is 2. The SMILES string of the molecule is COc1ccc(C=CC(=O)Nc2ccc3c(c2)NC(=O)C(C)O3)cc1F. The molecule has 1 heterocycles. The Morgan fingerprint density at radius 1 is 1.31 bits per heavy atom. The van der Waals surface area contributed by atoms with Crippen molar-refractivity contribution in [3.8, 4) is 11.5 Å². The van der Waals surface area contributed by atoms with Crippen molar-refractivity contribution in [1.82, 2.24) is 0 Å². The van der Waals surface area contributed by atoms with Gasteiger partial charge in [0, 0.05) is 11.8 Å². The first-order valence-electron chi connectivity index (χ1n) is 7.90. The Kier molecular flexibility index (Phi) is 4.88. The number of methoxy groups -OCH3 is 1. The average molecular weight is 356 g/mol. The first-order chi connectivity index (χ1) is 12.5. The summed E-state index contributed by atoms with van der Waals surface area (Å²) in [6.45, 7) is 1.65. The van der Waals surface area contributed by atoms with Crippen LogP contribution >= 0.6 is 0 Å². The second kappa shape index (κ2) is 7.26. The number of amides is 2. The Balaban J connectivity index is 1.68. The molecule has 2 aromatic rings. The van der Waals surface area contributed by atoms with E-state index < -0.39 is 17.8 Å². The molecule has 0 spiro atoms. The van der Waals surface area contributed by atoms with E-state index in [2.05, 4.69) is 10.6 Å². The minimum Gasteiger partial charge on any atom is -0.494 e. The van der Waals surface area contributed by atoms with Crippen molar-refractivity contribution in [1.29, 1.82) is 0 Å². The van der Waals surface area contributed by atoms with Gasteiger partial charge in [0.2, 0.25) is 5.91 Å². The fourth-order valence-corrected chi connectivity index (χ4v) is 2.43. The van der Waals surface area contributed by atoms with Gasteiger partial charge in [0.1, 0.15) is 5.75 Å². The molecular weight excluding hydrogens is 339 g/mol. The first kappa shape index (κ1) is 17.5. The van der Waals surface area contributed by atoms with Gasteiger partial charge < -0.3 is 20.1 Å². The number of benzene rings is 2. The summed E-state index contributed by atoms with van der Waals surface area (Å²) < 4.78 is 23.9. The molecule has 1 atom stereocenters. The van der Waals surface area contributed by atoms with E-state index >= 15 is 0 Å². The molecule has 7 heteroatoms. The molecule has 0 saturated heterocycles. The van der Waals surface area contributed by atoms with E-state index in [-0.39, 0.29) is 11.7 Å². The van der Waals surface area contributed by atoms with Gasteiger partial charge in [0.05, 0.1) is 12.8 Å². The third kappa shape index (κ3) is 3.83. The molecule has 134 valence electrons. The molecule has 2 aromatic carbocycles. The number of rotatable bonds is 4. The van der Waals surface area contributed by atoms with Crippen LogP contribution in [0.3, 0.4) is 0 Å². The molecule has 6 nitrogen and oxygen atoms in total. The van der Waals surface area contributed by atoms with Crippen LogP contribution in [0.2, 0.25) is 0 Å². The molecular formula is C19H17FN2O4. The van der Waals surface area contributed by atoms with Gasteiger partial charge in [-0.15, -0.1) is 0 Å². The van der Waals surface area contributed by atoms with Crippen molar-refractivity contribution in [3.63, 3.8) is 0 Å². The lowest BCUT2D eigenvalue weighted by Crippen LogP contribution is -2.34. The molecule has 0 saturated carbocycles.